The highest BCUT2D eigenvalue weighted by molar-refractivity contribution is 9.10. The minimum absolute atomic E-state index is 0.0198. The van der Waals surface area contributed by atoms with Crippen molar-refractivity contribution in [3.63, 3.8) is 0 Å². The molecule has 2 aromatic rings. The van der Waals surface area contributed by atoms with Gasteiger partial charge in [-0.05, 0) is 46.1 Å². The van der Waals surface area contributed by atoms with Gasteiger partial charge in [-0.15, -0.1) is 0 Å². The van der Waals surface area contributed by atoms with Gasteiger partial charge in [-0.1, -0.05) is 22.0 Å². The third-order valence-corrected chi connectivity index (χ3v) is 4.22. The maximum absolute atomic E-state index is 13.8. The molecule has 0 nitrogen and oxygen atoms in total. The van der Waals surface area contributed by atoms with Crippen LogP contribution in [0.5, 0.6) is 0 Å². The molecule has 20 heavy (non-hydrogen) atoms. The first-order valence-electron chi connectivity index (χ1n) is 5.61. The zero-order valence-electron chi connectivity index (χ0n) is 9.94. The van der Waals surface area contributed by atoms with E-state index in [9.17, 15) is 17.6 Å². The zero-order chi connectivity index (χ0) is 14.9. The van der Waals surface area contributed by atoms with E-state index in [0.29, 0.717) is 0 Å². The second-order valence-corrected chi connectivity index (χ2v) is 6.15. The molecule has 0 radical (unpaired) electrons. The second kappa shape index (κ2) is 6.26. The number of hydrogen-bond acceptors (Lipinski definition) is 0. The summed E-state index contributed by atoms with van der Waals surface area (Å²) >= 11 is 6.09. The summed E-state index contributed by atoms with van der Waals surface area (Å²) in [6, 6.07) is 5.22. The summed E-state index contributed by atoms with van der Waals surface area (Å²) in [7, 11) is 0. The van der Waals surface area contributed by atoms with E-state index < -0.39 is 28.1 Å². The predicted octanol–water partition coefficient (Wildman–Crippen LogP) is 5.68. The molecule has 106 valence electrons. The van der Waals surface area contributed by atoms with E-state index in [-0.39, 0.29) is 22.0 Å². The average molecular weight is 412 g/mol. The molecule has 0 aliphatic heterocycles. The molecule has 2 rings (SSSR count). The predicted molar refractivity (Wildman–Crippen MR) is 75.8 cm³/mol. The molecule has 2 aromatic carbocycles. The Kier molecular flexibility index (Phi) is 4.86. The minimum atomic E-state index is -0.715. The monoisotopic (exact) mass is 410 g/mol. The smallest absolute Gasteiger partial charge is 0.137 e. The van der Waals surface area contributed by atoms with Crippen LogP contribution in [0.4, 0.5) is 17.6 Å². The summed E-state index contributed by atoms with van der Waals surface area (Å²) in [6.45, 7) is 0. The Labute approximate surface area is 130 Å². The maximum Gasteiger partial charge on any atom is 0.137 e. The van der Waals surface area contributed by atoms with Gasteiger partial charge in [-0.3, -0.25) is 0 Å². The fourth-order valence-corrected chi connectivity index (χ4v) is 2.78. The van der Waals surface area contributed by atoms with Crippen LogP contribution < -0.4 is 0 Å². The Morgan fingerprint density at radius 3 is 2.25 bits per heavy atom. The normalized spacial score (nSPS) is 12.5. The summed E-state index contributed by atoms with van der Waals surface area (Å²) in [5, 5.41) is 0. The van der Waals surface area contributed by atoms with Crippen LogP contribution in [0.25, 0.3) is 0 Å². The number of hydrogen-bond donors (Lipinski definition) is 0. The minimum Gasteiger partial charge on any atom is -0.207 e. The zero-order valence-corrected chi connectivity index (χ0v) is 13.1. The molecule has 0 spiro atoms. The third kappa shape index (κ3) is 3.41. The van der Waals surface area contributed by atoms with Crippen molar-refractivity contribution in [2.75, 3.05) is 0 Å². The first kappa shape index (κ1) is 15.5. The molecule has 0 aliphatic carbocycles. The van der Waals surface area contributed by atoms with Gasteiger partial charge in [0.05, 0.1) is 4.47 Å². The van der Waals surface area contributed by atoms with Gasteiger partial charge in [0.2, 0.25) is 0 Å². The van der Waals surface area contributed by atoms with Crippen LogP contribution in [0.15, 0.2) is 34.8 Å². The van der Waals surface area contributed by atoms with Crippen molar-refractivity contribution in [3.05, 3.63) is 69.2 Å². The van der Waals surface area contributed by atoms with Gasteiger partial charge < -0.3 is 0 Å². The SMILES string of the molecule is Fc1ccc(CC(Br)c2cc(F)c(Br)cc2F)c(F)c1. The summed E-state index contributed by atoms with van der Waals surface area (Å²) in [6.07, 6.45) is 0.0735. The molecular formula is C14H8Br2F4. The first-order chi connectivity index (χ1) is 9.38. The van der Waals surface area contributed by atoms with Crippen LogP contribution in [0, 0.1) is 23.3 Å². The Bertz CT molecular complexity index is 643. The Balaban J connectivity index is 2.28. The van der Waals surface area contributed by atoms with Gasteiger partial charge in [0.15, 0.2) is 0 Å². The van der Waals surface area contributed by atoms with Crippen LogP contribution in [0.1, 0.15) is 16.0 Å². The van der Waals surface area contributed by atoms with E-state index in [0.717, 1.165) is 24.3 Å². The van der Waals surface area contributed by atoms with Crippen LogP contribution in [0.2, 0.25) is 0 Å². The Morgan fingerprint density at radius 2 is 1.60 bits per heavy atom. The lowest BCUT2D eigenvalue weighted by Gasteiger charge is -2.13. The molecule has 0 saturated carbocycles. The largest absolute Gasteiger partial charge is 0.207 e. The van der Waals surface area contributed by atoms with Crippen molar-refractivity contribution >= 4 is 31.9 Å². The van der Waals surface area contributed by atoms with E-state index in [4.69, 9.17) is 0 Å². The molecule has 0 aliphatic rings. The van der Waals surface area contributed by atoms with Gasteiger partial charge in [-0.2, -0.15) is 0 Å². The lowest BCUT2D eigenvalue weighted by atomic mass is 10.0. The second-order valence-electron chi connectivity index (χ2n) is 4.20. The highest BCUT2D eigenvalue weighted by atomic mass is 79.9. The van der Waals surface area contributed by atoms with Crippen molar-refractivity contribution in [1.29, 1.82) is 0 Å². The standard InChI is InChI=1S/C14H8Br2F4/c15-10(3-7-1-2-8(17)4-12(7)18)9-5-14(20)11(16)6-13(9)19/h1-2,4-6,10H,3H2. The van der Waals surface area contributed by atoms with E-state index in [1.807, 2.05) is 0 Å². The highest BCUT2D eigenvalue weighted by Crippen LogP contribution is 2.32. The summed E-state index contributed by atoms with van der Waals surface area (Å²) in [4.78, 5) is -0.620. The third-order valence-electron chi connectivity index (χ3n) is 2.79. The Morgan fingerprint density at radius 1 is 0.900 bits per heavy atom. The molecule has 0 heterocycles. The molecule has 0 fully saturated rings. The first-order valence-corrected chi connectivity index (χ1v) is 7.32. The maximum atomic E-state index is 13.8. The van der Waals surface area contributed by atoms with Crippen LogP contribution >= 0.6 is 31.9 Å². The molecular weight excluding hydrogens is 404 g/mol. The molecule has 1 unspecified atom stereocenters. The van der Waals surface area contributed by atoms with Gasteiger partial charge in [0.1, 0.15) is 23.3 Å². The van der Waals surface area contributed by atoms with Crippen LogP contribution in [0.3, 0.4) is 0 Å². The fraction of sp³-hybridized carbons (Fsp3) is 0.143. The lowest BCUT2D eigenvalue weighted by Crippen LogP contribution is -2.02. The molecule has 0 N–H and O–H groups in total. The van der Waals surface area contributed by atoms with Crippen molar-refractivity contribution in [2.24, 2.45) is 0 Å². The van der Waals surface area contributed by atoms with Crippen LogP contribution in [-0.4, -0.2) is 0 Å². The summed E-state index contributed by atoms with van der Waals surface area (Å²) < 4.78 is 53.6. The molecule has 0 amide bonds. The van der Waals surface area contributed by atoms with Gasteiger partial charge in [-0.25, -0.2) is 17.6 Å². The van der Waals surface area contributed by atoms with E-state index in [1.54, 1.807) is 0 Å². The van der Waals surface area contributed by atoms with Crippen molar-refractivity contribution in [1.82, 2.24) is 0 Å². The number of rotatable bonds is 3. The van der Waals surface area contributed by atoms with Gasteiger partial charge in [0, 0.05) is 16.5 Å². The molecule has 0 aromatic heterocycles. The summed E-state index contributed by atoms with van der Waals surface area (Å²) in [5.74, 6) is -2.61. The molecule has 0 bridgehead atoms. The van der Waals surface area contributed by atoms with Crippen LogP contribution in [-0.2, 0) is 6.42 Å². The van der Waals surface area contributed by atoms with Crippen molar-refractivity contribution in [3.8, 4) is 0 Å². The molecule has 0 saturated heterocycles. The molecule has 6 heteroatoms. The fourth-order valence-electron chi connectivity index (χ4n) is 1.77. The van der Waals surface area contributed by atoms with Gasteiger partial charge >= 0.3 is 0 Å². The van der Waals surface area contributed by atoms with E-state index >= 15 is 0 Å². The highest BCUT2D eigenvalue weighted by Gasteiger charge is 2.18. The number of halogens is 6. The molecule has 1 atom stereocenters. The Hall–Kier alpha value is -0.880. The van der Waals surface area contributed by atoms with Crippen molar-refractivity contribution in [2.45, 2.75) is 11.2 Å². The average Bonchev–Trinajstić information content (AvgIpc) is 2.37. The van der Waals surface area contributed by atoms with E-state index in [1.165, 1.54) is 6.07 Å². The van der Waals surface area contributed by atoms with E-state index in [2.05, 4.69) is 31.9 Å². The number of alkyl halides is 1. The summed E-state index contributed by atoms with van der Waals surface area (Å²) in [5.41, 5.74) is 0.297. The topological polar surface area (TPSA) is 0 Å². The number of benzene rings is 2. The van der Waals surface area contributed by atoms with Gasteiger partial charge in [0.25, 0.3) is 0 Å². The quantitative estimate of drug-likeness (QED) is 0.346. The van der Waals surface area contributed by atoms with Crippen molar-refractivity contribution < 1.29 is 17.6 Å². The lowest BCUT2D eigenvalue weighted by molar-refractivity contribution is 0.564.